The van der Waals surface area contributed by atoms with E-state index in [1.54, 1.807) is 48.5 Å². The summed E-state index contributed by atoms with van der Waals surface area (Å²) in [4.78, 5) is 25.0. The zero-order chi connectivity index (χ0) is 23.5. The summed E-state index contributed by atoms with van der Waals surface area (Å²) >= 11 is 8.49. The van der Waals surface area contributed by atoms with Crippen molar-refractivity contribution in [3.63, 3.8) is 0 Å². The van der Waals surface area contributed by atoms with Crippen LogP contribution in [0.15, 0.2) is 59.6 Å². The van der Waals surface area contributed by atoms with E-state index in [0.717, 1.165) is 10.9 Å². The van der Waals surface area contributed by atoms with Crippen LogP contribution in [0.4, 0.5) is 0 Å². The number of nitrogens with one attached hydrogen (secondary N) is 3. The van der Waals surface area contributed by atoms with Crippen molar-refractivity contribution >= 4 is 45.1 Å². The Morgan fingerprint density at radius 1 is 1.09 bits per heavy atom. The molecule has 32 heavy (non-hydrogen) atoms. The van der Waals surface area contributed by atoms with Crippen LogP contribution >= 0.6 is 28.1 Å². The number of carbonyl (C=O) groups is 2. The number of halogens is 1. The number of rotatable bonds is 9. The highest BCUT2D eigenvalue weighted by molar-refractivity contribution is 9.10. The van der Waals surface area contributed by atoms with Gasteiger partial charge in [0.15, 0.2) is 5.11 Å². The minimum absolute atomic E-state index is 0.0533. The normalized spacial score (nSPS) is 10.2. The van der Waals surface area contributed by atoms with Crippen LogP contribution in [0.2, 0.25) is 0 Å². The predicted octanol–water partition coefficient (Wildman–Crippen LogP) is 4.39. The van der Waals surface area contributed by atoms with Crippen molar-refractivity contribution in [2.45, 2.75) is 20.3 Å². The molecule has 0 saturated carbocycles. The van der Waals surface area contributed by atoms with Crippen molar-refractivity contribution in [2.24, 2.45) is 5.92 Å². The molecule has 0 aromatic heterocycles. The van der Waals surface area contributed by atoms with Crippen molar-refractivity contribution in [3.8, 4) is 11.5 Å². The molecule has 0 unspecified atom stereocenters. The summed E-state index contributed by atoms with van der Waals surface area (Å²) in [6, 6.07) is 11.7. The second-order valence-corrected chi connectivity index (χ2v) is 8.48. The lowest BCUT2D eigenvalue weighted by Crippen LogP contribution is -2.48. The standard InChI is InChI=1S/C23H26BrN3O4S/c1-4-12-30-18-8-5-16(6-9-18)21(28)26-27-23(32)25-22(29)19-14-17(24)7-10-20(19)31-13-11-15(2)3/h4-10,14-15H,1,11-13H2,2-3H3,(H,26,28)(H2,25,27,29,32). The quantitative estimate of drug-likeness (QED) is 0.258. The summed E-state index contributed by atoms with van der Waals surface area (Å²) in [5, 5.41) is 2.49. The lowest BCUT2D eigenvalue weighted by molar-refractivity contribution is 0.0933. The minimum atomic E-state index is -0.457. The maximum atomic E-state index is 12.7. The average Bonchev–Trinajstić information content (AvgIpc) is 2.77. The molecule has 170 valence electrons. The number of benzene rings is 2. The smallest absolute Gasteiger partial charge is 0.269 e. The number of carbonyl (C=O) groups excluding carboxylic acids is 2. The maximum Gasteiger partial charge on any atom is 0.269 e. The van der Waals surface area contributed by atoms with E-state index in [-0.39, 0.29) is 5.11 Å². The van der Waals surface area contributed by atoms with Crippen molar-refractivity contribution in [3.05, 3.63) is 70.7 Å². The van der Waals surface area contributed by atoms with E-state index in [9.17, 15) is 9.59 Å². The molecular weight excluding hydrogens is 494 g/mol. The molecule has 7 nitrogen and oxygen atoms in total. The average molecular weight is 520 g/mol. The van der Waals surface area contributed by atoms with E-state index in [1.807, 2.05) is 0 Å². The number of hydrogen-bond donors (Lipinski definition) is 3. The molecule has 3 N–H and O–H groups in total. The van der Waals surface area contributed by atoms with Gasteiger partial charge in [-0.15, -0.1) is 0 Å². The first-order valence-corrected chi connectivity index (χ1v) is 11.2. The molecule has 2 aromatic rings. The second kappa shape index (κ2) is 12.8. The van der Waals surface area contributed by atoms with Gasteiger partial charge in [-0.2, -0.15) is 0 Å². The topological polar surface area (TPSA) is 88.7 Å². The molecule has 0 bridgehead atoms. The molecule has 0 fully saturated rings. The molecular formula is C23H26BrN3O4S. The largest absolute Gasteiger partial charge is 0.493 e. The third-order valence-corrected chi connectivity index (χ3v) is 4.84. The van der Waals surface area contributed by atoms with Gasteiger partial charge in [0.25, 0.3) is 11.8 Å². The molecule has 0 aliphatic heterocycles. The lowest BCUT2D eigenvalue weighted by atomic mass is 10.1. The molecule has 2 rings (SSSR count). The molecule has 2 aromatic carbocycles. The van der Waals surface area contributed by atoms with E-state index >= 15 is 0 Å². The van der Waals surface area contributed by atoms with Gasteiger partial charge in [-0.3, -0.25) is 25.8 Å². The Bertz CT molecular complexity index is 964. The third kappa shape index (κ3) is 8.32. The maximum absolute atomic E-state index is 12.7. The Balaban J connectivity index is 1.91. The molecule has 0 atom stereocenters. The van der Waals surface area contributed by atoms with Crippen LogP contribution in [0.1, 0.15) is 41.0 Å². The fourth-order valence-electron chi connectivity index (χ4n) is 2.46. The monoisotopic (exact) mass is 519 g/mol. The van der Waals surface area contributed by atoms with Gasteiger partial charge in [-0.1, -0.05) is 42.4 Å². The summed E-state index contributed by atoms with van der Waals surface area (Å²) < 4.78 is 11.9. The van der Waals surface area contributed by atoms with Crippen molar-refractivity contribution in [1.29, 1.82) is 0 Å². The molecule has 0 radical (unpaired) electrons. The van der Waals surface area contributed by atoms with Gasteiger partial charge < -0.3 is 9.47 Å². The highest BCUT2D eigenvalue weighted by atomic mass is 79.9. The zero-order valence-electron chi connectivity index (χ0n) is 17.9. The van der Waals surface area contributed by atoms with E-state index in [1.165, 1.54) is 0 Å². The van der Waals surface area contributed by atoms with Gasteiger partial charge in [0.2, 0.25) is 0 Å². The van der Waals surface area contributed by atoms with Gasteiger partial charge in [-0.05, 0) is 67.0 Å². The first kappa shape index (κ1) is 25.4. The number of thiocarbonyl (C=S) groups is 1. The van der Waals surface area contributed by atoms with Crippen LogP contribution in [-0.4, -0.2) is 30.1 Å². The molecule has 2 amide bonds. The molecule has 9 heteroatoms. The van der Waals surface area contributed by atoms with Crippen LogP contribution in [0, 0.1) is 5.92 Å². The van der Waals surface area contributed by atoms with Gasteiger partial charge in [0.1, 0.15) is 18.1 Å². The summed E-state index contributed by atoms with van der Waals surface area (Å²) in [5.74, 6) is 0.687. The third-order valence-electron chi connectivity index (χ3n) is 4.14. The highest BCUT2D eigenvalue weighted by Gasteiger charge is 2.15. The highest BCUT2D eigenvalue weighted by Crippen LogP contribution is 2.23. The van der Waals surface area contributed by atoms with Crippen molar-refractivity contribution in [2.75, 3.05) is 13.2 Å². The molecule has 0 spiro atoms. The SMILES string of the molecule is C=CCOc1ccc(C(=O)NNC(=S)NC(=O)c2cc(Br)ccc2OCCC(C)C)cc1. The van der Waals surface area contributed by atoms with Gasteiger partial charge in [0.05, 0.1) is 12.2 Å². The van der Waals surface area contributed by atoms with Crippen LogP contribution in [0.3, 0.4) is 0 Å². The Morgan fingerprint density at radius 3 is 2.47 bits per heavy atom. The molecule has 0 heterocycles. The van der Waals surface area contributed by atoms with E-state index in [2.05, 4.69) is 52.5 Å². The zero-order valence-corrected chi connectivity index (χ0v) is 20.3. The minimum Gasteiger partial charge on any atom is -0.493 e. The van der Waals surface area contributed by atoms with E-state index in [0.29, 0.717) is 41.8 Å². The van der Waals surface area contributed by atoms with Crippen LogP contribution in [0.25, 0.3) is 0 Å². The Morgan fingerprint density at radius 2 is 1.81 bits per heavy atom. The number of amides is 2. The van der Waals surface area contributed by atoms with E-state index in [4.69, 9.17) is 21.7 Å². The first-order chi connectivity index (χ1) is 15.3. The fourth-order valence-corrected chi connectivity index (χ4v) is 2.96. The Kier molecular flexibility index (Phi) is 10.2. The van der Waals surface area contributed by atoms with E-state index < -0.39 is 11.8 Å². The fraction of sp³-hybridized carbons (Fsp3) is 0.261. The molecule has 0 saturated heterocycles. The van der Waals surface area contributed by atoms with Gasteiger partial charge >= 0.3 is 0 Å². The molecule has 0 aliphatic carbocycles. The lowest BCUT2D eigenvalue weighted by Gasteiger charge is -2.14. The number of hydrazine groups is 1. The summed E-state index contributed by atoms with van der Waals surface area (Å²) in [6.07, 6.45) is 2.50. The number of ether oxygens (including phenoxy) is 2. The van der Waals surface area contributed by atoms with Crippen LogP contribution in [0.5, 0.6) is 11.5 Å². The predicted molar refractivity (Wildman–Crippen MR) is 132 cm³/mol. The molecule has 0 aliphatic rings. The summed E-state index contributed by atoms with van der Waals surface area (Å²) in [7, 11) is 0. The van der Waals surface area contributed by atoms with Crippen LogP contribution in [-0.2, 0) is 0 Å². The second-order valence-electron chi connectivity index (χ2n) is 7.16. The first-order valence-electron chi connectivity index (χ1n) is 9.98. The Hall–Kier alpha value is -2.91. The number of hydrogen-bond acceptors (Lipinski definition) is 5. The van der Waals surface area contributed by atoms with Crippen LogP contribution < -0.4 is 25.6 Å². The summed E-state index contributed by atoms with van der Waals surface area (Å²) in [6.45, 7) is 8.65. The van der Waals surface area contributed by atoms with Gasteiger partial charge in [0, 0.05) is 10.0 Å². The van der Waals surface area contributed by atoms with Gasteiger partial charge in [-0.25, -0.2) is 0 Å². The van der Waals surface area contributed by atoms with Crippen molar-refractivity contribution in [1.82, 2.24) is 16.2 Å². The summed E-state index contributed by atoms with van der Waals surface area (Å²) in [5.41, 5.74) is 5.70. The Labute approximate surface area is 201 Å². The van der Waals surface area contributed by atoms with Crippen molar-refractivity contribution < 1.29 is 19.1 Å².